The largest absolute Gasteiger partial charge is 0.381 e. The number of rotatable bonds is 2. The van der Waals surface area contributed by atoms with Gasteiger partial charge in [0.2, 0.25) is 0 Å². The van der Waals surface area contributed by atoms with Crippen molar-refractivity contribution < 1.29 is 19.7 Å². The highest BCUT2D eigenvalue weighted by Crippen LogP contribution is 2.42. The van der Waals surface area contributed by atoms with Gasteiger partial charge in [0.25, 0.3) is 0 Å². The molecular weight excluding hydrogens is 220 g/mol. The molecule has 0 amide bonds. The molecule has 2 rings (SSSR count). The zero-order valence-corrected chi connectivity index (χ0v) is 10.6. The lowest BCUT2D eigenvalue weighted by molar-refractivity contribution is -0.379. The lowest BCUT2D eigenvalue weighted by Gasteiger charge is -2.32. The predicted molar refractivity (Wildman–Crippen MR) is 62.1 cm³/mol. The Labute approximate surface area is 102 Å². The summed E-state index contributed by atoms with van der Waals surface area (Å²) in [7, 11) is 0. The summed E-state index contributed by atoms with van der Waals surface area (Å²) in [6, 6.07) is 0. The molecule has 1 fully saturated rings. The molecule has 0 saturated heterocycles. The molecule has 0 bridgehead atoms. The van der Waals surface area contributed by atoms with Gasteiger partial charge >= 0.3 is 0 Å². The Kier molecular flexibility index (Phi) is 3.14. The minimum atomic E-state index is -1.24. The molecule has 0 aromatic heterocycles. The molecule has 0 aromatic rings. The number of carbonyl (C=O) groups excluding carboxylic acids is 1. The molecule has 0 aromatic carbocycles. The number of Topliss-reactive ketones (excluding diaryl/α,β-unsaturated/α-hetero) is 1. The topological polar surface area (TPSA) is 55.8 Å². The van der Waals surface area contributed by atoms with Crippen LogP contribution >= 0.6 is 0 Å². The van der Waals surface area contributed by atoms with E-state index in [0.29, 0.717) is 12.8 Å². The third kappa shape index (κ3) is 2.44. The van der Waals surface area contributed by atoms with Gasteiger partial charge in [0.05, 0.1) is 5.60 Å². The highest BCUT2D eigenvalue weighted by molar-refractivity contribution is 5.91. The third-order valence-electron chi connectivity index (χ3n) is 3.34. The zero-order valence-electron chi connectivity index (χ0n) is 10.6. The van der Waals surface area contributed by atoms with E-state index in [2.05, 4.69) is 0 Å². The zero-order chi connectivity index (χ0) is 12.7. The van der Waals surface area contributed by atoms with E-state index in [0.717, 1.165) is 0 Å². The minimum Gasteiger partial charge on any atom is -0.381 e. The molecule has 0 spiro atoms. The van der Waals surface area contributed by atoms with Crippen LogP contribution < -0.4 is 0 Å². The standard InChI is InChI=1S/C13H20O4/c1-12(2,3)17-16-10-8-11(14)13(15)7-5-4-6-9(10)13/h4-5,9-10,15H,6-8H2,1-3H3/t9-,10-,13-/m1/s1. The molecule has 1 saturated carbocycles. The molecule has 3 atom stereocenters. The van der Waals surface area contributed by atoms with E-state index in [1.165, 1.54) is 0 Å². The first kappa shape index (κ1) is 12.7. The number of hydrogen-bond donors (Lipinski definition) is 1. The van der Waals surface area contributed by atoms with Crippen LogP contribution in [0.2, 0.25) is 0 Å². The average molecular weight is 240 g/mol. The van der Waals surface area contributed by atoms with E-state index in [1.54, 1.807) is 0 Å². The van der Waals surface area contributed by atoms with Gasteiger partial charge in [-0.05, 0) is 27.2 Å². The summed E-state index contributed by atoms with van der Waals surface area (Å²) in [4.78, 5) is 22.5. The molecule has 0 unspecified atom stereocenters. The fourth-order valence-corrected chi connectivity index (χ4v) is 2.44. The molecule has 0 radical (unpaired) electrons. The van der Waals surface area contributed by atoms with Crippen molar-refractivity contribution in [2.24, 2.45) is 5.92 Å². The first-order chi connectivity index (χ1) is 7.83. The van der Waals surface area contributed by atoms with Crippen molar-refractivity contribution in [2.45, 2.75) is 57.3 Å². The van der Waals surface area contributed by atoms with Crippen LogP contribution in [0.3, 0.4) is 0 Å². The fourth-order valence-electron chi connectivity index (χ4n) is 2.44. The Hall–Kier alpha value is -0.710. The molecule has 4 heteroatoms. The van der Waals surface area contributed by atoms with Gasteiger partial charge in [-0.3, -0.25) is 4.79 Å². The number of hydrogen-bond acceptors (Lipinski definition) is 4. The van der Waals surface area contributed by atoms with Gasteiger partial charge in [-0.25, -0.2) is 9.78 Å². The van der Waals surface area contributed by atoms with Crippen molar-refractivity contribution in [3.8, 4) is 0 Å². The van der Waals surface area contributed by atoms with E-state index in [1.807, 2.05) is 32.9 Å². The smallest absolute Gasteiger partial charge is 0.167 e. The predicted octanol–water partition coefficient (Wildman–Crippen LogP) is 1.77. The van der Waals surface area contributed by atoms with Crippen LogP contribution in [-0.2, 0) is 14.6 Å². The van der Waals surface area contributed by atoms with Gasteiger partial charge in [0.1, 0.15) is 11.7 Å². The maximum Gasteiger partial charge on any atom is 0.167 e. The Bertz CT molecular complexity index is 342. The number of carbonyl (C=O) groups is 1. The first-order valence-corrected chi connectivity index (χ1v) is 6.08. The van der Waals surface area contributed by atoms with Gasteiger partial charge in [0.15, 0.2) is 5.78 Å². The summed E-state index contributed by atoms with van der Waals surface area (Å²) in [6.45, 7) is 5.66. The summed E-state index contributed by atoms with van der Waals surface area (Å²) in [5, 5.41) is 10.3. The van der Waals surface area contributed by atoms with E-state index < -0.39 is 11.2 Å². The fraction of sp³-hybridized carbons (Fsp3) is 0.769. The first-order valence-electron chi connectivity index (χ1n) is 6.08. The quantitative estimate of drug-likeness (QED) is 0.454. The lowest BCUT2D eigenvalue weighted by atomic mass is 9.80. The molecule has 0 heterocycles. The number of aliphatic hydroxyl groups is 1. The normalized spacial score (nSPS) is 37.3. The Morgan fingerprint density at radius 2 is 2.12 bits per heavy atom. The van der Waals surface area contributed by atoms with Crippen molar-refractivity contribution in [1.29, 1.82) is 0 Å². The molecule has 0 aliphatic heterocycles. The SMILES string of the molecule is CC(C)(C)OO[C@@H]1CC(=O)[C@@]2(O)CC=CC[C@H]12. The van der Waals surface area contributed by atoms with E-state index in [9.17, 15) is 9.90 Å². The van der Waals surface area contributed by atoms with Crippen molar-refractivity contribution in [3.63, 3.8) is 0 Å². The van der Waals surface area contributed by atoms with Crippen molar-refractivity contribution in [3.05, 3.63) is 12.2 Å². The van der Waals surface area contributed by atoms with E-state index >= 15 is 0 Å². The molecule has 96 valence electrons. The molecule has 2 aliphatic rings. The van der Waals surface area contributed by atoms with Crippen molar-refractivity contribution in [2.75, 3.05) is 0 Å². The number of ketones is 1. The molecular formula is C13H20O4. The van der Waals surface area contributed by atoms with Crippen LogP contribution in [-0.4, -0.2) is 28.2 Å². The van der Waals surface area contributed by atoms with Crippen LogP contribution in [0.5, 0.6) is 0 Å². The van der Waals surface area contributed by atoms with Gasteiger partial charge in [-0.15, -0.1) is 0 Å². The molecule has 4 nitrogen and oxygen atoms in total. The van der Waals surface area contributed by atoms with Gasteiger partial charge < -0.3 is 5.11 Å². The van der Waals surface area contributed by atoms with Crippen molar-refractivity contribution >= 4 is 5.78 Å². The minimum absolute atomic E-state index is 0.130. The van der Waals surface area contributed by atoms with Gasteiger partial charge in [-0.1, -0.05) is 12.2 Å². The van der Waals surface area contributed by atoms with Gasteiger partial charge in [0, 0.05) is 18.8 Å². The molecule has 17 heavy (non-hydrogen) atoms. The summed E-state index contributed by atoms with van der Waals surface area (Å²) in [5.41, 5.74) is -1.64. The second-order valence-electron chi connectivity index (χ2n) is 5.90. The van der Waals surface area contributed by atoms with E-state index in [4.69, 9.17) is 9.78 Å². The van der Waals surface area contributed by atoms with Crippen LogP contribution in [0, 0.1) is 5.92 Å². The second-order valence-corrected chi connectivity index (χ2v) is 5.90. The maximum atomic E-state index is 11.8. The van der Waals surface area contributed by atoms with E-state index in [-0.39, 0.29) is 24.2 Å². The summed E-state index contributed by atoms with van der Waals surface area (Å²) < 4.78 is 0. The monoisotopic (exact) mass is 240 g/mol. The highest BCUT2D eigenvalue weighted by atomic mass is 17.2. The Morgan fingerprint density at radius 1 is 1.41 bits per heavy atom. The van der Waals surface area contributed by atoms with Gasteiger partial charge in [-0.2, -0.15) is 0 Å². The van der Waals surface area contributed by atoms with Crippen LogP contribution in [0.1, 0.15) is 40.0 Å². The number of allylic oxidation sites excluding steroid dienone is 1. The Morgan fingerprint density at radius 3 is 2.76 bits per heavy atom. The van der Waals surface area contributed by atoms with Crippen molar-refractivity contribution in [1.82, 2.24) is 0 Å². The second kappa shape index (κ2) is 4.19. The molecule has 2 aliphatic carbocycles. The summed E-state index contributed by atoms with van der Waals surface area (Å²) >= 11 is 0. The maximum absolute atomic E-state index is 11.8. The van der Waals surface area contributed by atoms with Crippen LogP contribution in [0.4, 0.5) is 0 Å². The Balaban J connectivity index is 2.06. The number of fused-ring (bicyclic) bond motifs is 1. The highest BCUT2D eigenvalue weighted by Gasteiger charge is 2.54. The summed E-state index contributed by atoms with van der Waals surface area (Å²) in [5.74, 6) is -0.309. The third-order valence-corrected chi connectivity index (χ3v) is 3.34. The molecule has 1 N–H and O–H groups in total. The average Bonchev–Trinajstić information content (AvgIpc) is 2.48. The van der Waals surface area contributed by atoms with Crippen LogP contribution in [0.15, 0.2) is 12.2 Å². The summed E-state index contributed by atoms with van der Waals surface area (Å²) in [6.07, 6.45) is 4.81. The lowest BCUT2D eigenvalue weighted by Crippen LogP contribution is -2.43. The van der Waals surface area contributed by atoms with Crippen LogP contribution in [0.25, 0.3) is 0 Å².